The van der Waals surface area contributed by atoms with Gasteiger partial charge in [0.1, 0.15) is 13.5 Å². The van der Waals surface area contributed by atoms with Gasteiger partial charge in [-0.2, -0.15) is 0 Å². The second-order valence-corrected chi connectivity index (χ2v) is 15.0. The third-order valence-corrected chi connectivity index (χ3v) is 9.78. The number of nitrogens with two attached hydrogens (primary N) is 1. The second-order valence-electron chi connectivity index (χ2n) is 15.0. The monoisotopic (exact) mass is 767 g/mol. The number of esters is 1. The van der Waals surface area contributed by atoms with Crippen molar-refractivity contribution in [1.82, 2.24) is 10.2 Å². The first kappa shape index (κ1) is 46.5. The molecule has 15 nitrogen and oxygen atoms in total. The molecule has 3 amide bonds. The summed E-state index contributed by atoms with van der Waals surface area (Å²) in [5, 5.41) is 2.90. The zero-order chi connectivity index (χ0) is 40.4. The van der Waals surface area contributed by atoms with Gasteiger partial charge in [0.05, 0.1) is 31.3 Å². The van der Waals surface area contributed by atoms with Crippen LogP contribution in [0, 0.1) is 29.1 Å². The van der Waals surface area contributed by atoms with Crippen molar-refractivity contribution < 1.29 is 57.1 Å². The quantitative estimate of drug-likeness (QED) is 0.0798. The van der Waals surface area contributed by atoms with E-state index in [-0.39, 0.29) is 43.7 Å². The maximum atomic E-state index is 13.6. The highest BCUT2D eigenvalue weighted by molar-refractivity contribution is 5.83. The zero-order valence-electron chi connectivity index (χ0n) is 34.0. The van der Waals surface area contributed by atoms with E-state index in [0.29, 0.717) is 50.6 Å². The Morgan fingerprint density at radius 3 is 2.31 bits per heavy atom. The molecule has 1 aliphatic rings. The molecule has 1 saturated heterocycles. The molecule has 0 aromatic heterocycles. The first-order valence-corrected chi connectivity index (χ1v) is 18.8. The smallest absolute Gasteiger partial charge is 0.414 e. The first-order valence-electron chi connectivity index (χ1n) is 18.8. The fourth-order valence-corrected chi connectivity index (χ4v) is 5.92. The van der Waals surface area contributed by atoms with Gasteiger partial charge in [0, 0.05) is 39.2 Å². The van der Waals surface area contributed by atoms with Crippen LogP contribution in [0.4, 0.5) is 4.79 Å². The van der Waals surface area contributed by atoms with Gasteiger partial charge >= 0.3 is 12.1 Å². The topological polar surface area (TPSA) is 183 Å². The average molecular weight is 768 g/mol. The Bertz CT molecular complexity index is 1320. The molecule has 0 aliphatic carbocycles. The van der Waals surface area contributed by atoms with Crippen LogP contribution in [-0.2, 0) is 49.2 Å². The lowest BCUT2D eigenvalue weighted by Gasteiger charge is -2.33. The molecule has 0 saturated carbocycles. The maximum absolute atomic E-state index is 13.6. The molecule has 0 bridgehead atoms. The molecule has 3 N–H and O–H groups in total. The molecule has 0 unspecified atom stereocenters. The number of carbonyl (C=O) groups excluding carboxylic acids is 4. The van der Waals surface area contributed by atoms with Crippen molar-refractivity contribution in [3.8, 4) is 11.5 Å². The molecule has 15 heteroatoms. The first-order chi connectivity index (χ1) is 25.6. The number of rotatable bonds is 25. The van der Waals surface area contributed by atoms with Crippen LogP contribution in [0.5, 0.6) is 11.5 Å². The van der Waals surface area contributed by atoms with E-state index in [0.717, 1.165) is 12.0 Å². The summed E-state index contributed by atoms with van der Waals surface area (Å²) in [5.41, 5.74) is 5.64. The Morgan fingerprint density at radius 2 is 1.70 bits per heavy atom. The maximum Gasteiger partial charge on any atom is 0.414 e. The summed E-state index contributed by atoms with van der Waals surface area (Å²) in [6.45, 7) is 15.6. The number of benzene rings is 1. The Kier molecular flexibility index (Phi) is 20.1. The summed E-state index contributed by atoms with van der Waals surface area (Å²) in [7, 11) is 3.25. The van der Waals surface area contributed by atoms with Crippen LogP contribution in [0.3, 0.4) is 0 Å². The van der Waals surface area contributed by atoms with Crippen molar-refractivity contribution >= 4 is 23.9 Å². The van der Waals surface area contributed by atoms with Crippen molar-refractivity contribution in [2.45, 2.75) is 99.3 Å². The van der Waals surface area contributed by atoms with Crippen molar-refractivity contribution in [2.75, 3.05) is 60.9 Å². The van der Waals surface area contributed by atoms with Crippen molar-refractivity contribution in [2.24, 2.45) is 34.8 Å². The van der Waals surface area contributed by atoms with Crippen LogP contribution in [0.2, 0.25) is 0 Å². The minimum absolute atomic E-state index is 0.0631. The summed E-state index contributed by atoms with van der Waals surface area (Å²) in [6.07, 6.45) is 0.0666. The normalized spacial score (nSPS) is 17.6. The minimum atomic E-state index is -0.929. The van der Waals surface area contributed by atoms with Gasteiger partial charge in [0.15, 0.2) is 17.6 Å². The largest absolute Gasteiger partial charge is 0.493 e. The molecule has 0 radical (unpaired) electrons. The molecule has 1 fully saturated rings. The Labute approximate surface area is 321 Å². The van der Waals surface area contributed by atoms with E-state index in [9.17, 15) is 19.2 Å². The Balaban J connectivity index is 2.32. The summed E-state index contributed by atoms with van der Waals surface area (Å²) >= 11 is 0. The van der Waals surface area contributed by atoms with Crippen LogP contribution in [0.1, 0.15) is 80.2 Å². The highest BCUT2D eigenvalue weighted by Crippen LogP contribution is 2.36. The molecular formula is C39H65N3O12. The highest BCUT2D eigenvalue weighted by atomic mass is 16.7. The average Bonchev–Trinajstić information content (AvgIpc) is 3.52. The number of ether oxygens (including phenoxy) is 8. The second kappa shape index (κ2) is 23.3. The molecule has 1 aromatic carbocycles. The molecule has 2 rings (SSSR count). The van der Waals surface area contributed by atoms with E-state index in [2.05, 4.69) is 19.2 Å². The number of hydrogen-bond donors (Lipinski definition) is 2. The van der Waals surface area contributed by atoms with Gasteiger partial charge in [-0.3, -0.25) is 14.5 Å². The Hall–Kier alpha value is -3.66. The summed E-state index contributed by atoms with van der Waals surface area (Å²) in [5.74, 6) is -0.509. The summed E-state index contributed by atoms with van der Waals surface area (Å²) < 4.78 is 44.0. The van der Waals surface area contributed by atoms with E-state index in [1.807, 2.05) is 32.0 Å². The van der Waals surface area contributed by atoms with Gasteiger partial charge in [0.25, 0.3) is 0 Å². The molecule has 54 heavy (non-hydrogen) atoms. The highest BCUT2D eigenvalue weighted by Gasteiger charge is 2.43. The fourth-order valence-electron chi connectivity index (χ4n) is 5.92. The SMILES string of the molecule is CCOCO[C@H](C)C(=O)OCOC(=O)N1CO[C@@H](C[C@H](C(=O)NCC(C)(C)C(N)=O)C(C)C)[C@@H]1C[C@H](Cc1ccc(OC)c(OCCCOC)c1)C(C)C. The zero-order valence-corrected chi connectivity index (χ0v) is 34.0. The number of hydrogen-bond acceptors (Lipinski definition) is 12. The molecular weight excluding hydrogens is 702 g/mol. The van der Waals surface area contributed by atoms with Crippen LogP contribution in [-0.4, -0.2) is 108 Å². The van der Waals surface area contributed by atoms with Crippen molar-refractivity contribution in [3.05, 3.63) is 23.8 Å². The van der Waals surface area contributed by atoms with Crippen LogP contribution >= 0.6 is 0 Å². The number of amides is 3. The third kappa shape index (κ3) is 14.9. The van der Waals surface area contributed by atoms with Crippen molar-refractivity contribution in [1.29, 1.82) is 0 Å². The lowest BCUT2D eigenvalue weighted by Crippen LogP contribution is -2.47. The van der Waals surface area contributed by atoms with E-state index < -0.39 is 54.3 Å². The van der Waals surface area contributed by atoms with E-state index in [1.165, 1.54) is 11.8 Å². The van der Waals surface area contributed by atoms with Crippen LogP contribution in [0.15, 0.2) is 18.2 Å². The van der Waals surface area contributed by atoms with Gasteiger partial charge < -0.3 is 48.9 Å². The predicted molar refractivity (Wildman–Crippen MR) is 200 cm³/mol. The summed E-state index contributed by atoms with van der Waals surface area (Å²) in [6, 6.07) is 5.40. The van der Waals surface area contributed by atoms with Gasteiger partial charge in [-0.05, 0) is 82.4 Å². The van der Waals surface area contributed by atoms with Crippen molar-refractivity contribution in [3.63, 3.8) is 0 Å². The number of nitrogens with one attached hydrogen (secondary N) is 1. The molecule has 1 aromatic rings. The fraction of sp³-hybridized carbons (Fsp3) is 0.744. The van der Waals surface area contributed by atoms with E-state index in [1.54, 1.807) is 35.0 Å². The molecule has 1 aliphatic heterocycles. The number of primary amides is 1. The standard InChI is InChI=1S/C39H65N3O12/c1-11-49-23-52-27(6)36(44)53-24-54-38(46)42-22-51-33(20-30(26(4)5)35(43)41-21-39(7,8)37(40)45)31(42)19-29(25(2)3)17-28-13-14-32(48-10)34(18-28)50-16-12-15-47-9/h13-14,18,25-27,29-31,33H,11-12,15-17,19-24H2,1-10H3,(H2,40,45)(H,41,43)/t27-,29+,30+,31+,33+/m1/s1. The summed E-state index contributed by atoms with van der Waals surface area (Å²) in [4.78, 5) is 52.9. The van der Waals surface area contributed by atoms with E-state index >= 15 is 0 Å². The van der Waals surface area contributed by atoms with Crippen LogP contribution in [0.25, 0.3) is 0 Å². The van der Waals surface area contributed by atoms with Gasteiger partial charge in [-0.25, -0.2) is 9.59 Å². The Morgan fingerprint density at radius 1 is 0.981 bits per heavy atom. The lowest BCUT2D eigenvalue weighted by atomic mass is 9.80. The molecule has 1 heterocycles. The van der Waals surface area contributed by atoms with Gasteiger partial charge in [-0.15, -0.1) is 0 Å². The van der Waals surface area contributed by atoms with Gasteiger partial charge in [0.2, 0.25) is 18.6 Å². The number of carbonyl (C=O) groups is 4. The molecule has 0 spiro atoms. The van der Waals surface area contributed by atoms with Gasteiger partial charge in [-0.1, -0.05) is 33.8 Å². The van der Waals surface area contributed by atoms with E-state index in [4.69, 9.17) is 43.6 Å². The minimum Gasteiger partial charge on any atom is -0.493 e. The lowest BCUT2D eigenvalue weighted by molar-refractivity contribution is -0.173. The molecule has 308 valence electrons. The van der Waals surface area contributed by atoms with Crippen LogP contribution < -0.4 is 20.5 Å². The predicted octanol–water partition coefficient (Wildman–Crippen LogP) is 4.67. The number of methoxy groups -OCH3 is 2. The molecule has 5 atom stereocenters. The number of nitrogens with zero attached hydrogens (tertiary/aromatic N) is 1. The third-order valence-electron chi connectivity index (χ3n) is 9.78.